The zero-order valence-corrected chi connectivity index (χ0v) is 12.0. The van der Waals surface area contributed by atoms with Gasteiger partial charge in [-0.1, -0.05) is 0 Å². The lowest BCUT2D eigenvalue weighted by Crippen LogP contribution is -2.05. The van der Waals surface area contributed by atoms with E-state index in [0.29, 0.717) is 19.0 Å². The van der Waals surface area contributed by atoms with Gasteiger partial charge in [0.25, 0.3) is 0 Å². The summed E-state index contributed by atoms with van der Waals surface area (Å²) >= 11 is 0. The van der Waals surface area contributed by atoms with E-state index in [0.717, 1.165) is 10.9 Å². The minimum Gasteiger partial charge on any atom is -0.481 e. The Morgan fingerprint density at radius 2 is 1.89 bits per heavy atom. The van der Waals surface area contributed by atoms with Crippen molar-refractivity contribution in [3.05, 3.63) is 30.5 Å². The van der Waals surface area contributed by atoms with Crippen molar-refractivity contribution >= 4 is 18.5 Å². The Kier molecular flexibility index (Phi) is 4.64. The molecule has 2 rings (SSSR count). The minimum absolute atomic E-state index is 0.0824. The second kappa shape index (κ2) is 6.24. The third-order valence-corrected chi connectivity index (χ3v) is 4.32. The maximum Gasteiger partial charge on any atom is 0.367 e. The fraction of sp³-hybridized carbons (Fsp3) is 0.385. The molecular formula is C13H18NO4P. The number of H-pyrrole nitrogens is 1. The number of benzene rings is 1. The van der Waals surface area contributed by atoms with Crippen molar-refractivity contribution in [2.45, 2.75) is 13.8 Å². The number of hydrogen-bond donors (Lipinski definition) is 1. The van der Waals surface area contributed by atoms with Crippen molar-refractivity contribution in [1.82, 2.24) is 4.98 Å². The molecule has 104 valence electrons. The summed E-state index contributed by atoms with van der Waals surface area (Å²) < 4.78 is 28.1. The third kappa shape index (κ3) is 3.60. The first kappa shape index (κ1) is 14.1. The van der Waals surface area contributed by atoms with Crippen LogP contribution in [0.3, 0.4) is 0 Å². The Labute approximate surface area is 112 Å². The maximum atomic E-state index is 12.2. The summed E-state index contributed by atoms with van der Waals surface area (Å²) in [6, 6.07) is 7.60. The molecule has 0 fully saturated rings. The van der Waals surface area contributed by atoms with Crippen molar-refractivity contribution in [3.63, 3.8) is 0 Å². The van der Waals surface area contributed by atoms with Gasteiger partial charge in [-0.15, -0.1) is 0 Å². The van der Waals surface area contributed by atoms with Crippen molar-refractivity contribution in [1.29, 1.82) is 0 Å². The molecule has 2 aromatic rings. The Morgan fingerprint density at radius 3 is 2.58 bits per heavy atom. The van der Waals surface area contributed by atoms with Crippen LogP contribution in [0.5, 0.6) is 5.75 Å². The van der Waals surface area contributed by atoms with Gasteiger partial charge >= 0.3 is 7.60 Å². The van der Waals surface area contributed by atoms with E-state index >= 15 is 0 Å². The van der Waals surface area contributed by atoms with Gasteiger partial charge in [0, 0.05) is 17.8 Å². The normalized spacial score (nSPS) is 11.9. The molecule has 19 heavy (non-hydrogen) atoms. The molecule has 0 amide bonds. The van der Waals surface area contributed by atoms with Crippen LogP contribution in [0.4, 0.5) is 0 Å². The van der Waals surface area contributed by atoms with Crippen molar-refractivity contribution in [2.75, 3.05) is 19.6 Å². The number of hydrogen-bond acceptors (Lipinski definition) is 4. The largest absolute Gasteiger partial charge is 0.481 e. The molecule has 0 spiro atoms. The van der Waals surface area contributed by atoms with Crippen molar-refractivity contribution in [3.8, 4) is 5.75 Å². The smallest absolute Gasteiger partial charge is 0.367 e. The van der Waals surface area contributed by atoms with Crippen LogP contribution in [0.1, 0.15) is 13.8 Å². The molecule has 0 unspecified atom stereocenters. The number of rotatable bonds is 7. The van der Waals surface area contributed by atoms with Crippen LogP contribution < -0.4 is 4.74 Å². The number of aromatic amines is 1. The van der Waals surface area contributed by atoms with E-state index in [1.54, 1.807) is 13.8 Å². The Balaban J connectivity index is 2.05. The second-order valence-electron chi connectivity index (χ2n) is 3.95. The molecule has 0 saturated carbocycles. The lowest BCUT2D eigenvalue weighted by atomic mass is 10.2. The summed E-state index contributed by atoms with van der Waals surface area (Å²) in [7, 11) is -3.16. The number of ether oxygens (including phenoxy) is 1. The van der Waals surface area contributed by atoms with Crippen LogP contribution in [0.25, 0.3) is 10.9 Å². The standard InChI is InChI=1S/C13H18NO4P/c1-3-17-19(15,18-4-2)10-16-12-6-5-11-7-8-14-13(11)9-12/h5-9,14H,3-4,10H2,1-2H3. The highest BCUT2D eigenvalue weighted by molar-refractivity contribution is 7.53. The van der Waals surface area contributed by atoms with Crippen LogP contribution >= 0.6 is 7.60 Å². The van der Waals surface area contributed by atoms with E-state index in [1.807, 2.05) is 30.5 Å². The highest BCUT2D eigenvalue weighted by Crippen LogP contribution is 2.47. The highest BCUT2D eigenvalue weighted by atomic mass is 31.2. The monoisotopic (exact) mass is 283 g/mol. The Morgan fingerprint density at radius 1 is 1.16 bits per heavy atom. The minimum atomic E-state index is -3.16. The summed E-state index contributed by atoms with van der Waals surface area (Å²) in [6.45, 7) is 4.21. The molecule has 1 aromatic heterocycles. The highest BCUT2D eigenvalue weighted by Gasteiger charge is 2.24. The first-order valence-corrected chi connectivity index (χ1v) is 7.97. The molecule has 0 atom stereocenters. The second-order valence-corrected chi connectivity index (χ2v) is 5.94. The third-order valence-electron chi connectivity index (χ3n) is 2.57. The van der Waals surface area contributed by atoms with Crippen molar-refractivity contribution in [2.24, 2.45) is 0 Å². The van der Waals surface area contributed by atoms with Gasteiger partial charge in [0.1, 0.15) is 5.75 Å². The predicted octanol–water partition coefficient (Wildman–Crippen LogP) is 3.77. The first-order valence-electron chi connectivity index (χ1n) is 6.25. The van der Waals surface area contributed by atoms with Gasteiger partial charge in [0.05, 0.1) is 13.2 Å². The van der Waals surface area contributed by atoms with E-state index < -0.39 is 7.60 Å². The van der Waals surface area contributed by atoms with Gasteiger partial charge in [-0.25, -0.2) is 0 Å². The fourth-order valence-electron chi connectivity index (χ4n) is 1.78. The zero-order valence-electron chi connectivity index (χ0n) is 11.1. The van der Waals surface area contributed by atoms with Gasteiger partial charge in [-0.05, 0) is 37.4 Å². The summed E-state index contributed by atoms with van der Waals surface area (Å²) in [4.78, 5) is 3.10. The molecule has 0 aliphatic heterocycles. The molecule has 6 heteroatoms. The fourth-order valence-corrected chi connectivity index (χ4v) is 3.09. The molecule has 1 N–H and O–H groups in total. The van der Waals surface area contributed by atoms with Gasteiger partial charge < -0.3 is 18.8 Å². The van der Waals surface area contributed by atoms with Crippen LogP contribution in [0.15, 0.2) is 30.5 Å². The lowest BCUT2D eigenvalue weighted by Gasteiger charge is -2.17. The van der Waals surface area contributed by atoms with Crippen LogP contribution in [-0.2, 0) is 13.6 Å². The first-order chi connectivity index (χ1) is 9.17. The van der Waals surface area contributed by atoms with Crippen molar-refractivity contribution < 1.29 is 18.3 Å². The summed E-state index contributed by atoms with van der Waals surface area (Å²) in [6.07, 6.45) is 1.78. The number of aromatic nitrogens is 1. The molecule has 0 saturated heterocycles. The SMILES string of the molecule is CCOP(=O)(COc1ccc2cc[nH]c2c1)OCC. The Hall–Kier alpha value is -1.29. The lowest BCUT2D eigenvalue weighted by molar-refractivity contribution is 0.197. The van der Waals surface area contributed by atoms with E-state index in [4.69, 9.17) is 13.8 Å². The molecule has 5 nitrogen and oxygen atoms in total. The molecule has 0 aliphatic carbocycles. The average Bonchev–Trinajstić information content (AvgIpc) is 2.84. The quantitative estimate of drug-likeness (QED) is 0.786. The zero-order chi connectivity index (χ0) is 13.7. The van der Waals surface area contributed by atoms with E-state index in [1.165, 1.54) is 0 Å². The predicted molar refractivity (Wildman–Crippen MR) is 74.7 cm³/mol. The topological polar surface area (TPSA) is 60.5 Å². The molecule has 0 bridgehead atoms. The molecule has 1 heterocycles. The van der Waals surface area contributed by atoms with Crippen LogP contribution in [0, 0.1) is 0 Å². The van der Waals surface area contributed by atoms with Gasteiger partial charge in [0.2, 0.25) is 0 Å². The summed E-state index contributed by atoms with van der Waals surface area (Å²) in [5.74, 6) is 0.634. The molecule has 0 aliphatic rings. The van der Waals surface area contributed by atoms with Crippen LogP contribution in [-0.4, -0.2) is 24.5 Å². The van der Waals surface area contributed by atoms with E-state index in [9.17, 15) is 4.57 Å². The summed E-state index contributed by atoms with van der Waals surface area (Å²) in [5, 5.41) is 1.10. The number of nitrogens with one attached hydrogen (secondary N) is 1. The van der Waals surface area contributed by atoms with E-state index in [-0.39, 0.29) is 6.35 Å². The number of fused-ring (bicyclic) bond motifs is 1. The summed E-state index contributed by atoms with van der Waals surface area (Å²) in [5.41, 5.74) is 0.972. The van der Waals surface area contributed by atoms with E-state index in [2.05, 4.69) is 4.98 Å². The Bertz CT molecular complexity index is 571. The van der Waals surface area contributed by atoms with Gasteiger partial charge in [-0.2, -0.15) is 0 Å². The molecule has 1 aromatic carbocycles. The molecular weight excluding hydrogens is 265 g/mol. The van der Waals surface area contributed by atoms with Gasteiger partial charge in [0.15, 0.2) is 6.35 Å². The molecule has 0 radical (unpaired) electrons. The average molecular weight is 283 g/mol. The van der Waals surface area contributed by atoms with Crippen LogP contribution in [0.2, 0.25) is 0 Å². The van der Waals surface area contributed by atoms with Gasteiger partial charge in [-0.3, -0.25) is 4.57 Å². The maximum absolute atomic E-state index is 12.2.